The molecule has 7 heteroatoms. The number of hydrogen-bond acceptors (Lipinski definition) is 5. The lowest BCUT2D eigenvalue weighted by molar-refractivity contribution is -0.120. The molecular formula is C27H25FN2O4. The van der Waals surface area contributed by atoms with Crippen LogP contribution in [0.2, 0.25) is 0 Å². The Morgan fingerprint density at radius 2 is 1.47 bits per heavy atom. The van der Waals surface area contributed by atoms with Crippen LogP contribution in [0.1, 0.15) is 25.0 Å². The molecule has 174 valence electrons. The third kappa shape index (κ3) is 4.50. The van der Waals surface area contributed by atoms with E-state index >= 15 is 0 Å². The second-order valence-corrected chi connectivity index (χ2v) is 7.69. The van der Waals surface area contributed by atoms with Crippen molar-refractivity contribution in [2.45, 2.75) is 20.8 Å². The largest absolute Gasteiger partial charge is 0.490 e. The molecule has 0 bridgehead atoms. The van der Waals surface area contributed by atoms with Gasteiger partial charge < -0.3 is 14.8 Å². The van der Waals surface area contributed by atoms with Crippen molar-refractivity contribution in [3.8, 4) is 11.5 Å². The van der Waals surface area contributed by atoms with Gasteiger partial charge in [-0.05, 0) is 62.7 Å². The molecule has 34 heavy (non-hydrogen) atoms. The van der Waals surface area contributed by atoms with Crippen molar-refractivity contribution >= 4 is 28.8 Å². The van der Waals surface area contributed by atoms with Gasteiger partial charge >= 0.3 is 0 Å². The lowest BCUT2D eigenvalue weighted by Crippen LogP contribution is -2.32. The Morgan fingerprint density at radius 3 is 2.12 bits per heavy atom. The molecule has 3 aromatic carbocycles. The molecule has 0 fully saturated rings. The fourth-order valence-corrected chi connectivity index (χ4v) is 3.73. The van der Waals surface area contributed by atoms with Crippen molar-refractivity contribution in [2.24, 2.45) is 0 Å². The van der Waals surface area contributed by atoms with Gasteiger partial charge in [0, 0.05) is 11.8 Å². The first-order valence-corrected chi connectivity index (χ1v) is 11.0. The van der Waals surface area contributed by atoms with Gasteiger partial charge in [0.25, 0.3) is 11.8 Å². The van der Waals surface area contributed by atoms with Gasteiger partial charge in [0.1, 0.15) is 11.5 Å². The van der Waals surface area contributed by atoms with E-state index in [9.17, 15) is 14.0 Å². The molecule has 0 unspecified atom stereocenters. The number of rotatable bonds is 8. The van der Waals surface area contributed by atoms with E-state index in [4.69, 9.17) is 9.47 Å². The minimum Gasteiger partial charge on any atom is -0.490 e. The number of nitrogens with zero attached hydrogens (tertiary/aromatic N) is 1. The Hall–Kier alpha value is -4.13. The zero-order valence-electron chi connectivity index (χ0n) is 19.2. The summed E-state index contributed by atoms with van der Waals surface area (Å²) in [6.07, 6.45) is 0. The second-order valence-electron chi connectivity index (χ2n) is 7.69. The number of anilines is 2. The molecule has 1 aliphatic heterocycles. The Balaban J connectivity index is 1.78. The Bertz CT molecular complexity index is 1250. The highest BCUT2D eigenvalue weighted by molar-refractivity contribution is 6.46. The molecule has 1 aliphatic rings. The molecule has 0 aliphatic carbocycles. The average Bonchev–Trinajstić information content (AvgIpc) is 3.06. The van der Waals surface area contributed by atoms with Crippen LogP contribution in [0.25, 0.3) is 5.57 Å². The van der Waals surface area contributed by atoms with E-state index in [2.05, 4.69) is 5.32 Å². The predicted molar refractivity (Wildman–Crippen MR) is 129 cm³/mol. The van der Waals surface area contributed by atoms with Gasteiger partial charge in [0.05, 0.1) is 24.5 Å². The highest BCUT2D eigenvalue weighted by Crippen LogP contribution is 2.36. The number of amides is 2. The van der Waals surface area contributed by atoms with E-state index in [1.807, 2.05) is 32.9 Å². The Labute approximate surface area is 197 Å². The maximum Gasteiger partial charge on any atom is 0.282 e. The van der Waals surface area contributed by atoms with E-state index < -0.39 is 17.6 Å². The fourth-order valence-electron chi connectivity index (χ4n) is 3.73. The summed E-state index contributed by atoms with van der Waals surface area (Å²) in [6.45, 7) is 6.62. The summed E-state index contributed by atoms with van der Waals surface area (Å²) in [5.74, 6) is -0.355. The molecular weight excluding hydrogens is 435 g/mol. The van der Waals surface area contributed by atoms with Crippen molar-refractivity contribution in [1.29, 1.82) is 0 Å². The summed E-state index contributed by atoms with van der Waals surface area (Å²) in [5, 5.41) is 3.12. The summed E-state index contributed by atoms with van der Waals surface area (Å²) in [4.78, 5) is 28.0. The third-order valence-electron chi connectivity index (χ3n) is 5.32. The van der Waals surface area contributed by atoms with Crippen molar-refractivity contribution in [1.82, 2.24) is 0 Å². The summed E-state index contributed by atoms with van der Waals surface area (Å²) in [6, 6.07) is 17.8. The van der Waals surface area contributed by atoms with Gasteiger partial charge in [-0.1, -0.05) is 29.8 Å². The van der Waals surface area contributed by atoms with Gasteiger partial charge in [-0.3, -0.25) is 9.59 Å². The Kier molecular flexibility index (Phi) is 6.63. The van der Waals surface area contributed by atoms with E-state index in [0.717, 1.165) is 10.5 Å². The maximum absolute atomic E-state index is 13.5. The van der Waals surface area contributed by atoms with Crippen LogP contribution < -0.4 is 19.7 Å². The SMILES string of the molecule is CCOc1ccc(NC2=C(c3ccc(C)cc3)C(=O)N(c3ccc(F)cc3)C2=O)cc1OCC. The molecule has 0 atom stereocenters. The smallest absolute Gasteiger partial charge is 0.282 e. The summed E-state index contributed by atoms with van der Waals surface area (Å²) < 4.78 is 24.8. The van der Waals surface area contributed by atoms with Gasteiger partial charge in [0.2, 0.25) is 0 Å². The normalized spacial score (nSPS) is 13.5. The van der Waals surface area contributed by atoms with Crippen molar-refractivity contribution < 1.29 is 23.5 Å². The quantitative estimate of drug-likeness (QED) is 0.461. The van der Waals surface area contributed by atoms with Crippen LogP contribution in [-0.4, -0.2) is 25.0 Å². The summed E-state index contributed by atoms with van der Waals surface area (Å²) >= 11 is 0. The minimum absolute atomic E-state index is 0.129. The summed E-state index contributed by atoms with van der Waals surface area (Å²) in [5.41, 5.74) is 2.85. The number of carbonyl (C=O) groups is 2. The van der Waals surface area contributed by atoms with Crippen molar-refractivity contribution in [3.05, 3.63) is 89.4 Å². The first-order chi connectivity index (χ1) is 16.4. The average molecular weight is 461 g/mol. The maximum atomic E-state index is 13.5. The number of hydrogen-bond donors (Lipinski definition) is 1. The first-order valence-electron chi connectivity index (χ1n) is 11.0. The molecule has 0 saturated heterocycles. The zero-order valence-corrected chi connectivity index (χ0v) is 19.2. The highest BCUT2D eigenvalue weighted by atomic mass is 19.1. The topological polar surface area (TPSA) is 67.9 Å². The number of ether oxygens (including phenoxy) is 2. The molecule has 0 radical (unpaired) electrons. The van der Waals surface area contributed by atoms with Gasteiger partial charge in [0.15, 0.2) is 11.5 Å². The molecule has 0 saturated carbocycles. The monoisotopic (exact) mass is 460 g/mol. The van der Waals surface area contributed by atoms with E-state index in [0.29, 0.717) is 41.7 Å². The van der Waals surface area contributed by atoms with Crippen LogP contribution in [0.15, 0.2) is 72.4 Å². The van der Waals surface area contributed by atoms with Crippen LogP contribution in [-0.2, 0) is 9.59 Å². The predicted octanol–water partition coefficient (Wildman–Crippen LogP) is 5.33. The van der Waals surface area contributed by atoms with E-state index in [1.54, 1.807) is 30.3 Å². The lowest BCUT2D eigenvalue weighted by Gasteiger charge is -2.16. The highest BCUT2D eigenvalue weighted by Gasteiger charge is 2.40. The lowest BCUT2D eigenvalue weighted by atomic mass is 10.0. The summed E-state index contributed by atoms with van der Waals surface area (Å²) in [7, 11) is 0. The minimum atomic E-state index is -0.529. The first kappa shape index (κ1) is 23.0. The van der Waals surface area contributed by atoms with Crippen LogP contribution >= 0.6 is 0 Å². The van der Waals surface area contributed by atoms with Gasteiger partial charge in [-0.2, -0.15) is 0 Å². The standard InChI is InChI=1S/C27H25FN2O4/c1-4-33-22-15-12-20(16-23(22)34-5-2)29-25-24(18-8-6-17(3)7-9-18)26(31)30(27(25)32)21-13-10-19(28)11-14-21/h6-16,29H,4-5H2,1-3H3. The second kappa shape index (κ2) is 9.79. The van der Waals surface area contributed by atoms with Crippen LogP contribution in [0.4, 0.5) is 15.8 Å². The number of nitrogens with one attached hydrogen (secondary N) is 1. The van der Waals surface area contributed by atoms with Crippen molar-refractivity contribution in [3.63, 3.8) is 0 Å². The Morgan fingerprint density at radius 1 is 0.824 bits per heavy atom. The molecule has 6 nitrogen and oxygen atoms in total. The molecule has 0 spiro atoms. The molecule has 2 amide bonds. The molecule has 0 aromatic heterocycles. The number of halogens is 1. The van der Waals surface area contributed by atoms with Crippen LogP contribution in [0, 0.1) is 12.7 Å². The van der Waals surface area contributed by atoms with E-state index in [1.165, 1.54) is 24.3 Å². The molecule has 3 aromatic rings. The number of carbonyl (C=O) groups excluding carboxylic acids is 2. The third-order valence-corrected chi connectivity index (χ3v) is 5.32. The zero-order chi connectivity index (χ0) is 24.2. The van der Waals surface area contributed by atoms with Gasteiger partial charge in [-0.25, -0.2) is 9.29 Å². The van der Waals surface area contributed by atoms with E-state index in [-0.39, 0.29) is 11.3 Å². The fraction of sp³-hybridized carbons (Fsp3) is 0.185. The van der Waals surface area contributed by atoms with Crippen LogP contribution in [0.3, 0.4) is 0 Å². The number of imide groups is 1. The van der Waals surface area contributed by atoms with Gasteiger partial charge in [-0.15, -0.1) is 0 Å². The van der Waals surface area contributed by atoms with Crippen molar-refractivity contribution in [2.75, 3.05) is 23.4 Å². The van der Waals surface area contributed by atoms with Crippen LogP contribution in [0.5, 0.6) is 11.5 Å². The number of aryl methyl sites for hydroxylation is 1. The molecule has 4 rings (SSSR count). The number of benzene rings is 3. The molecule has 1 heterocycles. The molecule has 1 N–H and O–H groups in total.